The topological polar surface area (TPSA) is 39.1 Å². The van der Waals surface area contributed by atoms with Gasteiger partial charge in [-0.1, -0.05) is 0 Å². The van der Waals surface area contributed by atoms with Crippen LogP contribution in [0.2, 0.25) is 0 Å². The average Bonchev–Trinajstić information content (AvgIpc) is 2.84. The molecule has 0 spiro atoms. The van der Waals surface area contributed by atoms with Gasteiger partial charge >= 0.3 is 6.36 Å². The van der Waals surface area contributed by atoms with Gasteiger partial charge in [-0.05, 0) is 38.1 Å². The summed E-state index contributed by atoms with van der Waals surface area (Å²) in [5, 5.41) is 3.13. The predicted molar refractivity (Wildman–Crippen MR) is 73.1 cm³/mol. The molecule has 0 radical (unpaired) electrons. The van der Waals surface area contributed by atoms with Crippen LogP contribution in [0.3, 0.4) is 0 Å². The fraction of sp³-hybridized carbons (Fsp3) is 0.357. The third-order valence-corrected chi connectivity index (χ3v) is 2.86. The lowest BCUT2D eigenvalue weighted by Crippen LogP contribution is -2.17. The summed E-state index contributed by atoms with van der Waals surface area (Å²) in [7, 11) is 0. The molecule has 114 valence electrons. The first-order chi connectivity index (χ1) is 9.85. The average molecular weight is 299 g/mol. The third kappa shape index (κ3) is 4.40. The molecule has 0 amide bonds. The molecule has 21 heavy (non-hydrogen) atoms. The van der Waals surface area contributed by atoms with Crippen LogP contribution in [0.15, 0.2) is 36.8 Å². The van der Waals surface area contributed by atoms with Gasteiger partial charge in [0.15, 0.2) is 0 Å². The molecule has 7 heteroatoms. The van der Waals surface area contributed by atoms with Crippen molar-refractivity contribution in [2.45, 2.75) is 32.8 Å². The third-order valence-electron chi connectivity index (χ3n) is 2.86. The summed E-state index contributed by atoms with van der Waals surface area (Å²) in [6, 6.07) is 5.92. The van der Waals surface area contributed by atoms with Gasteiger partial charge in [0.1, 0.15) is 5.75 Å². The smallest absolute Gasteiger partial charge is 0.406 e. The molecule has 0 unspecified atom stereocenters. The van der Waals surface area contributed by atoms with Crippen LogP contribution in [-0.4, -0.2) is 15.9 Å². The summed E-state index contributed by atoms with van der Waals surface area (Å²) in [5.41, 5.74) is 1.71. The maximum absolute atomic E-state index is 12.0. The van der Waals surface area contributed by atoms with Crippen molar-refractivity contribution in [3.63, 3.8) is 0 Å². The second kappa shape index (κ2) is 6.07. The Morgan fingerprint density at radius 2 is 1.90 bits per heavy atom. The number of rotatable bonds is 5. The molecule has 0 saturated heterocycles. The van der Waals surface area contributed by atoms with E-state index >= 15 is 0 Å². The summed E-state index contributed by atoms with van der Waals surface area (Å²) in [6.45, 7) is 4.64. The SMILES string of the molecule is CC(C)n1cncc1CNc1ccc(OC(F)(F)F)cc1. The minimum Gasteiger partial charge on any atom is -0.406 e. The minimum atomic E-state index is -4.67. The zero-order chi connectivity index (χ0) is 15.5. The van der Waals surface area contributed by atoms with Gasteiger partial charge in [-0.2, -0.15) is 0 Å². The standard InChI is InChI=1S/C14H16F3N3O/c1-10(2)20-9-18-7-12(20)8-19-11-3-5-13(6-4-11)21-14(15,16)17/h3-7,9-10,19H,8H2,1-2H3. The lowest BCUT2D eigenvalue weighted by Gasteiger charge is -2.13. The molecule has 0 aliphatic carbocycles. The first-order valence-electron chi connectivity index (χ1n) is 6.45. The number of benzene rings is 1. The number of nitrogens with one attached hydrogen (secondary N) is 1. The molecule has 0 saturated carbocycles. The Hall–Kier alpha value is -2.18. The quantitative estimate of drug-likeness (QED) is 0.908. The number of nitrogens with zero attached hydrogens (tertiary/aromatic N) is 2. The van der Waals surface area contributed by atoms with Crippen molar-refractivity contribution in [1.29, 1.82) is 0 Å². The molecule has 1 heterocycles. The molecule has 0 aliphatic rings. The summed E-state index contributed by atoms with van der Waals surface area (Å²) >= 11 is 0. The van der Waals surface area contributed by atoms with Crippen molar-refractivity contribution in [2.75, 3.05) is 5.32 Å². The zero-order valence-corrected chi connectivity index (χ0v) is 11.7. The lowest BCUT2D eigenvalue weighted by atomic mass is 10.3. The minimum absolute atomic E-state index is 0.236. The van der Waals surface area contributed by atoms with Crippen molar-refractivity contribution >= 4 is 5.69 Å². The Morgan fingerprint density at radius 1 is 1.24 bits per heavy atom. The van der Waals surface area contributed by atoms with E-state index in [4.69, 9.17) is 0 Å². The van der Waals surface area contributed by atoms with E-state index in [1.54, 1.807) is 12.5 Å². The summed E-state index contributed by atoms with van der Waals surface area (Å²) in [5.74, 6) is -0.236. The number of hydrogen-bond donors (Lipinski definition) is 1. The van der Waals surface area contributed by atoms with Crippen LogP contribution >= 0.6 is 0 Å². The highest BCUT2D eigenvalue weighted by Crippen LogP contribution is 2.24. The van der Waals surface area contributed by atoms with Crippen LogP contribution in [0.1, 0.15) is 25.6 Å². The maximum Gasteiger partial charge on any atom is 0.573 e. The van der Waals surface area contributed by atoms with Crippen LogP contribution < -0.4 is 10.1 Å². The van der Waals surface area contributed by atoms with Crippen molar-refractivity contribution in [1.82, 2.24) is 9.55 Å². The van der Waals surface area contributed by atoms with Gasteiger partial charge in [-0.3, -0.25) is 0 Å². The van der Waals surface area contributed by atoms with E-state index in [1.165, 1.54) is 24.3 Å². The number of ether oxygens (including phenoxy) is 1. The Morgan fingerprint density at radius 3 is 2.48 bits per heavy atom. The zero-order valence-electron chi connectivity index (χ0n) is 11.7. The van der Waals surface area contributed by atoms with E-state index < -0.39 is 6.36 Å². The molecule has 0 fully saturated rings. The van der Waals surface area contributed by atoms with E-state index in [9.17, 15) is 13.2 Å². The molecule has 0 atom stereocenters. The summed E-state index contributed by atoms with van der Waals surface area (Å²) < 4.78 is 42.0. The van der Waals surface area contributed by atoms with Crippen molar-refractivity contribution < 1.29 is 17.9 Å². The van der Waals surface area contributed by atoms with Gasteiger partial charge in [0.2, 0.25) is 0 Å². The molecule has 2 rings (SSSR count). The van der Waals surface area contributed by atoms with Gasteiger partial charge in [0.05, 0.1) is 18.6 Å². The summed E-state index contributed by atoms with van der Waals surface area (Å²) in [6.07, 6.45) is -1.16. The monoisotopic (exact) mass is 299 g/mol. The molecule has 0 aliphatic heterocycles. The van der Waals surface area contributed by atoms with Gasteiger partial charge in [0.25, 0.3) is 0 Å². The van der Waals surface area contributed by atoms with E-state index in [-0.39, 0.29) is 5.75 Å². The highest BCUT2D eigenvalue weighted by atomic mass is 19.4. The Bertz CT molecular complexity index is 576. The Labute approximate surface area is 120 Å². The van der Waals surface area contributed by atoms with E-state index in [0.717, 1.165) is 5.69 Å². The number of anilines is 1. The number of imidazole rings is 1. The lowest BCUT2D eigenvalue weighted by molar-refractivity contribution is -0.274. The molecule has 1 aromatic heterocycles. The first kappa shape index (κ1) is 15.2. The van der Waals surface area contributed by atoms with Crippen molar-refractivity contribution in [3.8, 4) is 5.75 Å². The second-order valence-electron chi connectivity index (χ2n) is 4.81. The van der Waals surface area contributed by atoms with Crippen LogP contribution in [-0.2, 0) is 6.54 Å². The maximum atomic E-state index is 12.0. The number of alkyl halides is 3. The molecule has 0 bridgehead atoms. The number of halogens is 3. The van der Waals surface area contributed by atoms with Crippen LogP contribution in [0.4, 0.5) is 18.9 Å². The van der Waals surface area contributed by atoms with Crippen LogP contribution in [0, 0.1) is 0 Å². The Balaban J connectivity index is 1.96. The molecule has 1 N–H and O–H groups in total. The second-order valence-corrected chi connectivity index (χ2v) is 4.81. The fourth-order valence-electron chi connectivity index (χ4n) is 1.90. The largest absolute Gasteiger partial charge is 0.573 e. The molecular weight excluding hydrogens is 283 g/mol. The van der Waals surface area contributed by atoms with Gasteiger partial charge < -0.3 is 14.6 Å². The van der Waals surface area contributed by atoms with Gasteiger partial charge in [0, 0.05) is 17.9 Å². The molecular formula is C14H16F3N3O. The van der Waals surface area contributed by atoms with Crippen molar-refractivity contribution in [3.05, 3.63) is 42.5 Å². The molecule has 1 aromatic carbocycles. The molecule has 2 aromatic rings. The first-order valence-corrected chi connectivity index (χ1v) is 6.45. The van der Waals surface area contributed by atoms with Gasteiger partial charge in [-0.15, -0.1) is 13.2 Å². The molecule has 4 nitrogen and oxygen atoms in total. The van der Waals surface area contributed by atoms with Crippen LogP contribution in [0.25, 0.3) is 0 Å². The highest BCUT2D eigenvalue weighted by Gasteiger charge is 2.30. The van der Waals surface area contributed by atoms with E-state index in [1.807, 2.05) is 4.57 Å². The van der Waals surface area contributed by atoms with E-state index in [2.05, 4.69) is 28.9 Å². The Kier molecular flexibility index (Phi) is 4.40. The van der Waals surface area contributed by atoms with Gasteiger partial charge in [-0.25, -0.2) is 4.98 Å². The van der Waals surface area contributed by atoms with Crippen LogP contribution in [0.5, 0.6) is 5.75 Å². The number of aromatic nitrogens is 2. The van der Waals surface area contributed by atoms with Crippen molar-refractivity contribution in [2.24, 2.45) is 0 Å². The number of hydrogen-bond acceptors (Lipinski definition) is 3. The summed E-state index contributed by atoms with van der Waals surface area (Å²) in [4.78, 5) is 4.09. The van der Waals surface area contributed by atoms with E-state index in [0.29, 0.717) is 18.3 Å². The fourth-order valence-corrected chi connectivity index (χ4v) is 1.90. The predicted octanol–water partition coefficient (Wildman–Crippen LogP) is 3.97. The normalized spacial score (nSPS) is 11.7. The highest BCUT2D eigenvalue weighted by molar-refractivity contribution is 5.46.